The van der Waals surface area contributed by atoms with E-state index >= 15 is 0 Å². The number of unbranched alkanes of at least 4 members (excludes halogenated alkanes) is 4. The van der Waals surface area contributed by atoms with Crippen LogP contribution in [0.4, 0.5) is 0 Å². The number of nitrogens with one attached hydrogen (secondary N) is 4. The molecule has 0 saturated heterocycles. The molecule has 5 amide bonds. The molecule has 4 atom stereocenters. The number of carbonyl (C=O) groups excluding carboxylic acids is 5. The van der Waals surface area contributed by atoms with Gasteiger partial charge in [-0.3, -0.25) is 24.0 Å². The highest BCUT2D eigenvalue weighted by molar-refractivity contribution is 5.97. The molecule has 0 unspecified atom stereocenters. The molecule has 9 N–H and O–H groups in total. The fourth-order valence-corrected chi connectivity index (χ4v) is 8.20. The minimum Gasteiger partial charge on any atom is -0.507 e. The summed E-state index contributed by atoms with van der Waals surface area (Å²) in [6, 6.07) is 19.0. The van der Waals surface area contributed by atoms with Gasteiger partial charge in [-0.05, 0) is 116 Å². The lowest BCUT2D eigenvalue weighted by molar-refractivity contribution is -0.144. The van der Waals surface area contributed by atoms with Crippen LogP contribution in [-0.2, 0) is 36.8 Å². The first-order chi connectivity index (χ1) is 32.1. The maximum absolute atomic E-state index is 14.4. The lowest BCUT2D eigenvalue weighted by atomic mass is 9.93. The van der Waals surface area contributed by atoms with Crippen LogP contribution in [0, 0.1) is 5.92 Å². The highest BCUT2D eigenvalue weighted by Crippen LogP contribution is 2.39. The number of amides is 5. The van der Waals surface area contributed by atoms with E-state index in [-0.39, 0.29) is 59.9 Å². The Morgan fingerprint density at radius 3 is 2.06 bits per heavy atom. The van der Waals surface area contributed by atoms with Gasteiger partial charge < -0.3 is 47.2 Å². The summed E-state index contributed by atoms with van der Waals surface area (Å²) in [5.74, 6) is -4.25. The predicted molar refractivity (Wildman–Crippen MR) is 257 cm³/mol. The molecule has 4 aromatic rings. The molecule has 358 valence electrons. The number of hydrogen-bond acceptors (Lipinski definition) is 9. The highest BCUT2D eigenvalue weighted by atomic mass is 16.4. The van der Waals surface area contributed by atoms with Gasteiger partial charge >= 0.3 is 5.97 Å². The van der Waals surface area contributed by atoms with E-state index in [9.17, 15) is 44.1 Å². The van der Waals surface area contributed by atoms with E-state index in [1.54, 1.807) is 12.1 Å². The van der Waals surface area contributed by atoms with Gasteiger partial charge in [-0.25, -0.2) is 4.79 Å². The van der Waals surface area contributed by atoms with Gasteiger partial charge in [0.25, 0.3) is 5.91 Å². The standard InChI is InChI=1S/C52H66N6O9/c1-32(2)11-7-5-6-8-12-34-14-17-36(18-15-34)37-19-21-38(22-20-37)49(63)54-28-26-46(61)56-42(13-9-10-27-53)51(65)58(4)47-39-23-25-45(60)41(31-39)40-29-35(16-24-44(40)59)30-43(52(66)67)57-48(62)33(3)55-50(47)64/h14-25,29,31-33,42-43,47,59-60H,5-13,26-28,30,53H2,1-4H3,(H,54,63)(H,55,64)(H,56,61)(H,57,62)(H,66,67)/t33-,42-,43-,47-/m0/s1. The van der Waals surface area contributed by atoms with Crippen molar-refractivity contribution in [2.24, 2.45) is 11.7 Å². The van der Waals surface area contributed by atoms with Crippen molar-refractivity contribution in [2.75, 3.05) is 20.1 Å². The van der Waals surface area contributed by atoms with E-state index in [1.807, 2.05) is 12.1 Å². The molecule has 15 nitrogen and oxygen atoms in total. The van der Waals surface area contributed by atoms with Gasteiger partial charge in [-0.15, -0.1) is 0 Å². The molecule has 5 rings (SSSR count). The third kappa shape index (κ3) is 14.6. The number of phenolic OH excluding ortho intramolecular Hbond substituents is 2. The van der Waals surface area contributed by atoms with Crippen molar-refractivity contribution in [2.45, 2.75) is 116 Å². The number of likely N-dealkylation sites (N-methyl/N-ethyl adjacent to an activating group) is 1. The maximum Gasteiger partial charge on any atom is 0.326 e. The number of carboxylic acid groups (broad SMARTS) is 1. The van der Waals surface area contributed by atoms with Gasteiger partial charge in [-0.1, -0.05) is 88.1 Å². The molecule has 1 aliphatic rings. The topological polar surface area (TPSA) is 240 Å². The number of nitrogens with two attached hydrogens (primary N) is 1. The second kappa shape index (κ2) is 24.7. The molecule has 1 aliphatic heterocycles. The summed E-state index contributed by atoms with van der Waals surface area (Å²) in [6.07, 6.45) is 8.12. The summed E-state index contributed by atoms with van der Waals surface area (Å²) in [5, 5.41) is 42.4. The number of aromatic hydroxyl groups is 2. The number of rotatable bonds is 20. The van der Waals surface area contributed by atoms with E-state index in [1.165, 1.54) is 88.0 Å². The summed E-state index contributed by atoms with van der Waals surface area (Å²) in [7, 11) is 1.37. The Hall–Kier alpha value is -6.74. The van der Waals surface area contributed by atoms with Gasteiger partial charge in [0.2, 0.25) is 23.6 Å². The van der Waals surface area contributed by atoms with Crippen LogP contribution in [0.5, 0.6) is 11.5 Å². The number of nitrogens with zero attached hydrogens (tertiary/aromatic N) is 1. The van der Waals surface area contributed by atoms with Crippen LogP contribution in [0.25, 0.3) is 22.3 Å². The third-order valence-corrected chi connectivity index (χ3v) is 12.1. The molecular weight excluding hydrogens is 853 g/mol. The molecule has 4 bridgehead atoms. The molecule has 67 heavy (non-hydrogen) atoms. The molecule has 0 fully saturated rings. The first-order valence-corrected chi connectivity index (χ1v) is 23.3. The minimum absolute atomic E-state index is 0.0246. The SMILES string of the molecule is CC(C)CCCCCCc1ccc(-c2ccc(C(=O)NCCC(=O)N[C@@H](CCCCN)C(=O)N(C)[C@@H]3C(=O)N[C@@H](C)C(=O)N[C@H](C(=O)O)Cc4ccc(O)c(c4)-c4cc3ccc4O)cc2)cc1. The summed E-state index contributed by atoms with van der Waals surface area (Å²) in [4.78, 5) is 81.7. The van der Waals surface area contributed by atoms with E-state index in [2.05, 4.69) is 59.4 Å². The number of hydrogen-bond donors (Lipinski definition) is 8. The van der Waals surface area contributed by atoms with Crippen molar-refractivity contribution in [3.63, 3.8) is 0 Å². The summed E-state index contributed by atoms with van der Waals surface area (Å²) >= 11 is 0. The number of carboxylic acids is 1. The maximum atomic E-state index is 14.4. The third-order valence-electron chi connectivity index (χ3n) is 12.1. The Morgan fingerprint density at radius 2 is 1.40 bits per heavy atom. The lowest BCUT2D eigenvalue weighted by Gasteiger charge is -2.32. The van der Waals surface area contributed by atoms with Crippen LogP contribution in [0.3, 0.4) is 0 Å². The van der Waals surface area contributed by atoms with Crippen LogP contribution in [-0.4, -0.2) is 94.0 Å². The van der Waals surface area contributed by atoms with Crippen LogP contribution in [0.2, 0.25) is 0 Å². The fraction of sp³-hybridized carbons (Fsp3) is 0.423. The Balaban J connectivity index is 1.25. The average molecular weight is 919 g/mol. The van der Waals surface area contributed by atoms with Crippen molar-refractivity contribution in [1.82, 2.24) is 26.2 Å². The predicted octanol–water partition coefficient (Wildman–Crippen LogP) is 6.14. The number of benzene rings is 4. The molecule has 0 saturated carbocycles. The Kier molecular flexibility index (Phi) is 18.9. The second-order valence-electron chi connectivity index (χ2n) is 17.8. The van der Waals surface area contributed by atoms with Crippen LogP contribution in [0.15, 0.2) is 84.9 Å². The van der Waals surface area contributed by atoms with Crippen molar-refractivity contribution in [1.29, 1.82) is 0 Å². The second-order valence-corrected chi connectivity index (χ2v) is 17.8. The zero-order valence-electron chi connectivity index (χ0n) is 39.0. The zero-order valence-corrected chi connectivity index (χ0v) is 39.0. The molecule has 1 heterocycles. The van der Waals surface area contributed by atoms with Crippen LogP contribution >= 0.6 is 0 Å². The largest absolute Gasteiger partial charge is 0.507 e. The molecule has 0 radical (unpaired) electrons. The molecule has 0 spiro atoms. The lowest BCUT2D eigenvalue weighted by Crippen LogP contribution is -2.54. The molecule has 15 heteroatoms. The first kappa shape index (κ1) is 51.2. The van der Waals surface area contributed by atoms with Crippen molar-refractivity contribution < 1.29 is 44.1 Å². The Morgan fingerprint density at radius 1 is 0.776 bits per heavy atom. The molecule has 4 aromatic carbocycles. The van der Waals surface area contributed by atoms with E-state index in [0.717, 1.165) is 28.4 Å². The molecular formula is C52H66N6O9. The van der Waals surface area contributed by atoms with Crippen LogP contribution < -0.4 is 27.0 Å². The van der Waals surface area contributed by atoms with E-state index in [4.69, 9.17) is 5.73 Å². The van der Waals surface area contributed by atoms with Gasteiger partial charge in [0.15, 0.2) is 0 Å². The first-order valence-electron chi connectivity index (χ1n) is 23.3. The average Bonchev–Trinajstić information content (AvgIpc) is 3.30. The summed E-state index contributed by atoms with van der Waals surface area (Å²) < 4.78 is 0. The highest BCUT2D eigenvalue weighted by Gasteiger charge is 2.36. The van der Waals surface area contributed by atoms with Crippen molar-refractivity contribution in [3.05, 3.63) is 107 Å². The Labute approximate surface area is 392 Å². The number of carbonyl (C=O) groups is 6. The van der Waals surface area contributed by atoms with Gasteiger partial charge in [-0.2, -0.15) is 0 Å². The number of aryl methyl sites for hydroxylation is 1. The summed E-state index contributed by atoms with van der Waals surface area (Å²) in [5.41, 5.74) is 10.4. The fourth-order valence-electron chi connectivity index (χ4n) is 8.20. The molecule has 0 aliphatic carbocycles. The zero-order chi connectivity index (χ0) is 48.6. The number of aliphatic carboxylic acids is 1. The normalized spacial score (nSPS) is 16.5. The number of phenols is 2. The quantitative estimate of drug-likeness (QED) is 0.0471. The number of fused-ring (bicyclic) bond motifs is 5. The van der Waals surface area contributed by atoms with E-state index < -0.39 is 53.8 Å². The monoisotopic (exact) mass is 918 g/mol. The van der Waals surface area contributed by atoms with Crippen molar-refractivity contribution >= 4 is 35.5 Å². The van der Waals surface area contributed by atoms with Gasteiger partial charge in [0.05, 0.1) is 0 Å². The van der Waals surface area contributed by atoms with Crippen molar-refractivity contribution in [3.8, 4) is 33.8 Å². The Bertz CT molecular complexity index is 2350. The van der Waals surface area contributed by atoms with Gasteiger partial charge in [0, 0.05) is 43.1 Å². The van der Waals surface area contributed by atoms with E-state index in [0.29, 0.717) is 30.5 Å². The molecule has 0 aromatic heterocycles. The van der Waals surface area contributed by atoms with Crippen LogP contribution in [0.1, 0.15) is 112 Å². The summed E-state index contributed by atoms with van der Waals surface area (Å²) in [6.45, 7) is 6.21. The van der Waals surface area contributed by atoms with Gasteiger partial charge in [0.1, 0.15) is 35.7 Å². The minimum atomic E-state index is -1.44. The smallest absolute Gasteiger partial charge is 0.326 e.